The smallest absolute Gasteiger partial charge is 0.240 e. The van der Waals surface area contributed by atoms with Gasteiger partial charge in [-0.1, -0.05) is 6.07 Å². The first kappa shape index (κ1) is 14.0. The van der Waals surface area contributed by atoms with Crippen LogP contribution in [0, 0.1) is 0 Å². The van der Waals surface area contributed by atoms with E-state index in [1.54, 1.807) is 6.07 Å². The van der Waals surface area contributed by atoms with Crippen LogP contribution in [0.2, 0.25) is 0 Å². The lowest BCUT2D eigenvalue weighted by atomic mass is 10.1. The van der Waals surface area contributed by atoms with Gasteiger partial charge in [-0.05, 0) is 74.9 Å². The molecule has 0 spiro atoms. The van der Waals surface area contributed by atoms with Crippen molar-refractivity contribution in [3.63, 3.8) is 0 Å². The molecule has 0 aromatic heterocycles. The van der Waals surface area contributed by atoms with E-state index >= 15 is 0 Å². The highest BCUT2D eigenvalue weighted by molar-refractivity contribution is 7.89. The summed E-state index contributed by atoms with van der Waals surface area (Å²) in [7, 11) is -3.38. The predicted octanol–water partition coefficient (Wildman–Crippen LogP) is 1.60. The van der Waals surface area contributed by atoms with Crippen molar-refractivity contribution in [2.24, 2.45) is 0 Å². The van der Waals surface area contributed by atoms with Gasteiger partial charge in [0.25, 0.3) is 0 Å². The molecule has 1 unspecified atom stereocenters. The molecule has 1 heterocycles. The molecule has 1 aliphatic heterocycles. The molecule has 1 atom stereocenters. The Labute approximate surface area is 121 Å². The van der Waals surface area contributed by atoms with E-state index in [0.29, 0.717) is 4.90 Å². The van der Waals surface area contributed by atoms with Crippen LogP contribution in [-0.2, 0) is 22.9 Å². The summed E-state index contributed by atoms with van der Waals surface area (Å²) in [5.41, 5.74) is 2.51. The van der Waals surface area contributed by atoms with Crippen LogP contribution >= 0.6 is 0 Å². The van der Waals surface area contributed by atoms with Crippen molar-refractivity contribution in [1.29, 1.82) is 0 Å². The summed E-state index contributed by atoms with van der Waals surface area (Å²) in [6.45, 7) is 1.87. The van der Waals surface area contributed by atoms with E-state index in [2.05, 4.69) is 10.0 Å². The standard InChI is InChI=1S/C15H22N2O2S/c18-20(19,17-14-5-2-9-16-10-8-14)15-7-6-12-3-1-4-13(12)11-15/h6-7,11,14,16-17H,1-5,8-10H2. The van der Waals surface area contributed by atoms with E-state index in [1.165, 1.54) is 11.1 Å². The largest absolute Gasteiger partial charge is 0.317 e. The Morgan fingerprint density at radius 3 is 2.80 bits per heavy atom. The van der Waals surface area contributed by atoms with E-state index in [4.69, 9.17) is 0 Å². The third kappa shape index (κ3) is 3.05. The molecule has 110 valence electrons. The van der Waals surface area contributed by atoms with Gasteiger partial charge in [0.1, 0.15) is 0 Å². The second kappa shape index (κ2) is 5.84. The van der Waals surface area contributed by atoms with Gasteiger partial charge in [0.05, 0.1) is 4.90 Å². The molecule has 3 rings (SSSR count). The highest BCUT2D eigenvalue weighted by atomic mass is 32.2. The van der Waals surface area contributed by atoms with Gasteiger partial charge in [0, 0.05) is 6.04 Å². The first-order valence-electron chi connectivity index (χ1n) is 7.50. The molecule has 0 amide bonds. The number of nitrogens with one attached hydrogen (secondary N) is 2. The van der Waals surface area contributed by atoms with Crippen molar-refractivity contribution in [1.82, 2.24) is 10.0 Å². The molecule has 1 aliphatic carbocycles. The van der Waals surface area contributed by atoms with Gasteiger partial charge in [-0.2, -0.15) is 0 Å². The second-order valence-electron chi connectivity index (χ2n) is 5.78. The summed E-state index contributed by atoms with van der Waals surface area (Å²) in [5.74, 6) is 0. The fraction of sp³-hybridized carbons (Fsp3) is 0.600. The molecule has 1 saturated heterocycles. The minimum absolute atomic E-state index is 0.0586. The van der Waals surface area contributed by atoms with E-state index < -0.39 is 10.0 Å². The Balaban J connectivity index is 1.77. The molecule has 5 heteroatoms. The van der Waals surface area contributed by atoms with Gasteiger partial charge in [-0.25, -0.2) is 13.1 Å². The number of rotatable bonds is 3. The SMILES string of the molecule is O=S(=O)(NC1CCCNCC1)c1ccc2c(c1)CCC2. The number of hydrogen-bond acceptors (Lipinski definition) is 3. The monoisotopic (exact) mass is 294 g/mol. The fourth-order valence-corrected chi connectivity index (χ4v) is 4.49. The van der Waals surface area contributed by atoms with Crippen LogP contribution in [0.3, 0.4) is 0 Å². The van der Waals surface area contributed by atoms with Gasteiger partial charge in [-0.15, -0.1) is 0 Å². The number of hydrogen-bond donors (Lipinski definition) is 2. The van der Waals surface area contributed by atoms with Gasteiger partial charge >= 0.3 is 0 Å². The summed E-state index contributed by atoms with van der Waals surface area (Å²) in [5, 5.41) is 3.30. The summed E-state index contributed by atoms with van der Waals surface area (Å²) in [4.78, 5) is 0.426. The molecule has 1 aromatic carbocycles. The Bertz CT molecular complexity index is 576. The first-order valence-corrected chi connectivity index (χ1v) is 8.98. The maximum atomic E-state index is 12.5. The zero-order chi connectivity index (χ0) is 14.0. The first-order chi connectivity index (χ1) is 9.65. The van der Waals surface area contributed by atoms with Crippen molar-refractivity contribution < 1.29 is 8.42 Å². The minimum atomic E-state index is -3.38. The van der Waals surface area contributed by atoms with Crippen molar-refractivity contribution in [2.45, 2.75) is 49.5 Å². The summed E-state index contributed by atoms with van der Waals surface area (Å²) < 4.78 is 27.8. The van der Waals surface area contributed by atoms with Crippen molar-refractivity contribution in [2.75, 3.05) is 13.1 Å². The van der Waals surface area contributed by atoms with Crippen molar-refractivity contribution in [3.05, 3.63) is 29.3 Å². The van der Waals surface area contributed by atoms with E-state index in [0.717, 1.165) is 51.6 Å². The molecule has 1 fully saturated rings. The quantitative estimate of drug-likeness (QED) is 0.890. The zero-order valence-electron chi connectivity index (χ0n) is 11.7. The predicted molar refractivity (Wildman–Crippen MR) is 79.3 cm³/mol. The molecule has 0 saturated carbocycles. The van der Waals surface area contributed by atoms with Gasteiger partial charge in [-0.3, -0.25) is 0 Å². The molecule has 2 aliphatic rings. The van der Waals surface area contributed by atoms with Crippen LogP contribution in [0.5, 0.6) is 0 Å². The molecule has 0 bridgehead atoms. The van der Waals surface area contributed by atoms with Crippen LogP contribution < -0.4 is 10.0 Å². The Morgan fingerprint density at radius 1 is 1.05 bits per heavy atom. The van der Waals surface area contributed by atoms with E-state index in [1.807, 2.05) is 12.1 Å². The fourth-order valence-electron chi connectivity index (χ4n) is 3.14. The third-order valence-corrected chi connectivity index (χ3v) is 5.80. The highest BCUT2D eigenvalue weighted by Crippen LogP contribution is 2.25. The molecule has 20 heavy (non-hydrogen) atoms. The molecular formula is C15H22N2O2S. The van der Waals surface area contributed by atoms with Crippen LogP contribution in [0.1, 0.15) is 36.8 Å². The highest BCUT2D eigenvalue weighted by Gasteiger charge is 2.22. The van der Waals surface area contributed by atoms with Crippen LogP contribution in [0.4, 0.5) is 0 Å². The van der Waals surface area contributed by atoms with Gasteiger partial charge < -0.3 is 5.32 Å². The third-order valence-electron chi connectivity index (χ3n) is 4.28. The van der Waals surface area contributed by atoms with Crippen molar-refractivity contribution >= 4 is 10.0 Å². The summed E-state index contributed by atoms with van der Waals surface area (Å²) in [6.07, 6.45) is 6.03. The number of fused-ring (bicyclic) bond motifs is 1. The molecular weight excluding hydrogens is 272 g/mol. The van der Waals surface area contributed by atoms with Crippen LogP contribution in [0.15, 0.2) is 23.1 Å². The second-order valence-corrected chi connectivity index (χ2v) is 7.50. The molecule has 1 aromatic rings. The number of sulfonamides is 1. The lowest BCUT2D eigenvalue weighted by molar-refractivity contribution is 0.518. The van der Waals surface area contributed by atoms with E-state index in [9.17, 15) is 8.42 Å². The number of aryl methyl sites for hydroxylation is 2. The summed E-state index contributed by atoms with van der Waals surface area (Å²) >= 11 is 0. The maximum absolute atomic E-state index is 12.5. The van der Waals surface area contributed by atoms with Gasteiger partial charge in [0.2, 0.25) is 10.0 Å². The molecule has 4 nitrogen and oxygen atoms in total. The molecule has 2 N–H and O–H groups in total. The Hall–Kier alpha value is -0.910. The Kier molecular flexibility index (Phi) is 4.10. The van der Waals surface area contributed by atoms with Crippen molar-refractivity contribution in [3.8, 4) is 0 Å². The normalized spacial score (nSPS) is 23.3. The Morgan fingerprint density at radius 2 is 1.90 bits per heavy atom. The summed E-state index contributed by atoms with van der Waals surface area (Å²) in [6, 6.07) is 5.65. The topological polar surface area (TPSA) is 58.2 Å². The molecule has 0 radical (unpaired) electrons. The average Bonchev–Trinajstić information content (AvgIpc) is 2.75. The number of benzene rings is 1. The van der Waals surface area contributed by atoms with Gasteiger partial charge in [0.15, 0.2) is 0 Å². The average molecular weight is 294 g/mol. The maximum Gasteiger partial charge on any atom is 0.240 e. The van der Waals surface area contributed by atoms with E-state index in [-0.39, 0.29) is 6.04 Å². The lowest BCUT2D eigenvalue weighted by Gasteiger charge is -2.16. The van der Waals surface area contributed by atoms with Crippen LogP contribution in [0.25, 0.3) is 0 Å². The zero-order valence-corrected chi connectivity index (χ0v) is 12.5. The van der Waals surface area contributed by atoms with Crippen LogP contribution in [-0.4, -0.2) is 27.5 Å². The lowest BCUT2D eigenvalue weighted by Crippen LogP contribution is -2.35. The minimum Gasteiger partial charge on any atom is -0.317 e.